The highest BCUT2D eigenvalue weighted by atomic mass is 16.5. The SMILES string of the molecule is NCCOCCOCCNc1ncnc(NCCOCCO)n1. The molecule has 10 nitrogen and oxygen atoms in total. The standard InChI is InChI=1S/C13H26N6O4/c14-1-5-21-9-10-23-7-3-16-13-18-11-17-12(19-13)15-2-6-22-8-4-20/h11,20H,1-10,14H2,(H2,15,16,17,18,19). The predicted octanol–water partition coefficient (Wildman–Crippen LogP) is -1.30. The molecular formula is C13H26N6O4. The van der Waals surface area contributed by atoms with Crippen molar-refractivity contribution >= 4 is 11.9 Å². The number of rotatable bonds is 15. The van der Waals surface area contributed by atoms with Crippen LogP contribution in [0.15, 0.2) is 6.33 Å². The van der Waals surface area contributed by atoms with Gasteiger partial charge < -0.3 is 35.7 Å². The molecule has 23 heavy (non-hydrogen) atoms. The van der Waals surface area contributed by atoms with Crippen molar-refractivity contribution in [3.63, 3.8) is 0 Å². The fraction of sp³-hybridized carbons (Fsp3) is 0.769. The van der Waals surface area contributed by atoms with Crippen LogP contribution in [0.3, 0.4) is 0 Å². The number of nitrogens with zero attached hydrogens (tertiary/aromatic N) is 3. The smallest absolute Gasteiger partial charge is 0.227 e. The first-order valence-corrected chi connectivity index (χ1v) is 7.57. The van der Waals surface area contributed by atoms with Crippen LogP contribution in [0.25, 0.3) is 0 Å². The van der Waals surface area contributed by atoms with Gasteiger partial charge in [-0.15, -0.1) is 0 Å². The van der Waals surface area contributed by atoms with Crippen LogP contribution in [0, 0.1) is 0 Å². The van der Waals surface area contributed by atoms with Gasteiger partial charge in [-0.1, -0.05) is 0 Å². The number of anilines is 2. The van der Waals surface area contributed by atoms with Crippen LogP contribution < -0.4 is 16.4 Å². The van der Waals surface area contributed by atoms with Crippen LogP contribution in [-0.2, 0) is 14.2 Å². The van der Waals surface area contributed by atoms with Gasteiger partial charge in [-0.2, -0.15) is 4.98 Å². The van der Waals surface area contributed by atoms with Crippen molar-refractivity contribution in [2.24, 2.45) is 5.73 Å². The van der Waals surface area contributed by atoms with Gasteiger partial charge in [0, 0.05) is 19.6 Å². The van der Waals surface area contributed by atoms with Crippen LogP contribution in [0.4, 0.5) is 11.9 Å². The Morgan fingerprint density at radius 1 is 0.870 bits per heavy atom. The molecule has 0 atom stereocenters. The Bertz CT molecular complexity index is 398. The molecular weight excluding hydrogens is 304 g/mol. The van der Waals surface area contributed by atoms with Crippen molar-refractivity contribution in [3.8, 4) is 0 Å². The Balaban J connectivity index is 2.09. The normalized spacial score (nSPS) is 10.7. The summed E-state index contributed by atoms with van der Waals surface area (Å²) in [5, 5.41) is 14.6. The molecule has 0 unspecified atom stereocenters. The van der Waals surface area contributed by atoms with Crippen molar-refractivity contribution in [3.05, 3.63) is 6.33 Å². The molecule has 0 amide bonds. The second-order valence-electron chi connectivity index (χ2n) is 4.34. The maximum atomic E-state index is 8.58. The van der Waals surface area contributed by atoms with Crippen molar-refractivity contribution in [1.29, 1.82) is 0 Å². The average Bonchev–Trinajstić information content (AvgIpc) is 2.57. The molecule has 0 fully saturated rings. The molecule has 1 rings (SSSR count). The maximum Gasteiger partial charge on any atom is 0.227 e. The number of aliphatic hydroxyl groups excluding tert-OH is 1. The quantitative estimate of drug-likeness (QED) is 0.287. The number of nitrogens with one attached hydrogen (secondary N) is 2. The van der Waals surface area contributed by atoms with E-state index in [1.807, 2.05) is 0 Å². The van der Waals surface area contributed by atoms with Crippen LogP contribution in [0.5, 0.6) is 0 Å². The van der Waals surface area contributed by atoms with Gasteiger partial charge in [-0.25, -0.2) is 9.97 Å². The lowest BCUT2D eigenvalue weighted by atomic mass is 10.6. The summed E-state index contributed by atoms with van der Waals surface area (Å²) in [6, 6.07) is 0. The Morgan fingerprint density at radius 3 is 2.00 bits per heavy atom. The zero-order chi connectivity index (χ0) is 16.6. The fourth-order valence-corrected chi connectivity index (χ4v) is 1.51. The largest absolute Gasteiger partial charge is 0.394 e. The molecule has 1 aromatic rings. The summed E-state index contributed by atoms with van der Waals surface area (Å²) in [4.78, 5) is 12.2. The highest BCUT2D eigenvalue weighted by Gasteiger charge is 2.00. The summed E-state index contributed by atoms with van der Waals surface area (Å²) < 4.78 is 15.7. The van der Waals surface area contributed by atoms with Gasteiger partial charge >= 0.3 is 0 Å². The predicted molar refractivity (Wildman–Crippen MR) is 85.4 cm³/mol. The monoisotopic (exact) mass is 330 g/mol. The molecule has 0 radical (unpaired) electrons. The zero-order valence-electron chi connectivity index (χ0n) is 13.2. The number of nitrogens with two attached hydrogens (primary N) is 1. The van der Waals surface area contributed by atoms with E-state index < -0.39 is 0 Å². The summed E-state index contributed by atoms with van der Waals surface area (Å²) in [6.45, 7) is 4.59. The summed E-state index contributed by atoms with van der Waals surface area (Å²) in [7, 11) is 0. The van der Waals surface area contributed by atoms with Crippen molar-refractivity contribution in [2.75, 3.05) is 76.5 Å². The van der Waals surface area contributed by atoms with E-state index in [9.17, 15) is 0 Å². The van der Waals surface area contributed by atoms with E-state index in [4.69, 9.17) is 25.1 Å². The highest BCUT2D eigenvalue weighted by molar-refractivity contribution is 5.32. The number of aromatic nitrogens is 3. The van der Waals surface area contributed by atoms with Gasteiger partial charge in [0.15, 0.2) is 0 Å². The minimum Gasteiger partial charge on any atom is -0.394 e. The number of aliphatic hydroxyl groups is 1. The lowest BCUT2D eigenvalue weighted by Crippen LogP contribution is -2.17. The van der Waals surface area contributed by atoms with E-state index in [-0.39, 0.29) is 6.61 Å². The van der Waals surface area contributed by atoms with Crippen molar-refractivity contribution < 1.29 is 19.3 Å². The Hall–Kier alpha value is -1.59. The third-order valence-electron chi connectivity index (χ3n) is 2.50. The zero-order valence-corrected chi connectivity index (χ0v) is 13.2. The van der Waals surface area contributed by atoms with Gasteiger partial charge in [-0.3, -0.25) is 0 Å². The lowest BCUT2D eigenvalue weighted by Gasteiger charge is -2.08. The molecule has 132 valence electrons. The Kier molecular flexibility index (Phi) is 11.9. The Labute approximate surface area is 135 Å². The summed E-state index contributed by atoms with van der Waals surface area (Å²) >= 11 is 0. The van der Waals surface area contributed by atoms with Crippen molar-refractivity contribution in [1.82, 2.24) is 15.0 Å². The van der Waals surface area contributed by atoms with E-state index >= 15 is 0 Å². The maximum absolute atomic E-state index is 8.58. The first kappa shape index (κ1) is 19.5. The van der Waals surface area contributed by atoms with Gasteiger partial charge in [0.2, 0.25) is 11.9 Å². The van der Waals surface area contributed by atoms with E-state index in [2.05, 4.69) is 25.6 Å². The first-order valence-electron chi connectivity index (χ1n) is 7.57. The molecule has 0 bridgehead atoms. The van der Waals surface area contributed by atoms with Crippen LogP contribution in [0.2, 0.25) is 0 Å². The second kappa shape index (κ2) is 14.0. The summed E-state index contributed by atoms with van der Waals surface area (Å²) in [6.07, 6.45) is 1.42. The van der Waals surface area contributed by atoms with Gasteiger partial charge in [-0.05, 0) is 0 Å². The molecule has 1 aromatic heterocycles. The number of hydrogen-bond donors (Lipinski definition) is 4. The average molecular weight is 330 g/mol. The Morgan fingerprint density at radius 2 is 1.43 bits per heavy atom. The van der Waals surface area contributed by atoms with Gasteiger partial charge in [0.1, 0.15) is 6.33 Å². The highest BCUT2D eigenvalue weighted by Crippen LogP contribution is 2.00. The molecule has 1 heterocycles. The number of hydrogen-bond acceptors (Lipinski definition) is 10. The second-order valence-corrected chi connectivity index (χ2v) is 4.34. The molecule has 0 spiro atoms. The summed E-state index contributed by atoms with van der Waals surface area (Å²) in [5.41, 5.74) is 5.30. The fourth-order valence-electron chi connectivity index (χ4n) is 1.51. The lowest BCUT2D eigenvalue weighted by molar-refractivity contribution is 0.0547. The molecule has 0 saturated heterocycles. The van der Waals surface area contributed by atoms with E-state index in [0.29, 0.717) is 71.2 Å². The molecule has 0 aromatic carbocycles. The third-order valence-corrected chi connectivity index (χ3v) is 2.50. The molecule has 0 aliphatic rings. The van der Waals surface area contributed by atoms with E-state index in [0.717, 1.165) is 0 Å². The summed E-state index contributed by atoms with van der Waals surface area (Å²) in [5.74, 6) is 0.938. The number of ether oxygens (including phenoxy) is 3. The third kappa shape index (κ3) is 10.7. The minimum absolute atomic E-state index is 0.0149. The van der Waals surface area contributed by atoms with Gasteiger partial charge in [0.25, 0.3) is 0 Å². The van der Waals surface area contributed by atoms with Crippen molar-refractivity contribution in [2.45, 2.75) is 0 Å². The topological polar surface area (TPSA) is 137 Å². The van der Waals surface area contributed by atoms with Crippen LogP contribution >= 0.6 is 0 Å². The van der Waals surface area contributed by atoms with Gasteiger partial charge in [0.05, 0.1) is 46.2 Å². The molecule has 5 N–H and O–H groups in total. The molecule has 0 saturated carbocycles. The minimum atomic E-state index is 0.0149. The molecule has 0 aliphatic heterocycles. The van der Waals surface area contributed by atoms with Crippen LogP contribution in [0.1, 0.15) is 0 Å². The molecule has 10 heteroatoms. The van der Waals surface area contributed by atoms with E-state index in [1.165, 1.54) is 6.33 Å². The molecule has 0 aliphatic carbocycles. The van der Waals surface area contributed by atoms with Crippen LogP contribution in [-0.4, -0.2) is 85.9 Å². The van der Waals surface area contributed by atoms with E-state index in [1.54, 1.807) is 0 Å². The first-order chi connectivity index (χ1) is 11.4.